The predicted molar refractivity (Wildman–Crippen MR) is 126 cm³/mol. The molecule has 2 aliphatic carbocycles. The van der Waals surface area contributed by atoms with Crippen molar-refractivity contribution in [1.82, 2.24) is 5.32 Å². The third kappa shape index (κ3) is 6.83. The molecule has 0 aromatic carbocycles. The van der Waals surface area contributed by atoms with Crippen molar-refractivity contribution >= 4 is 0 Å². The fourth-order valence-corrected chi connectivity index (χ4v) is 4.79. The highest BCUT2D eigenvalue weighted by Crippen LogP contribution is 2.47. The standard InChI is InChI=1S/C27H41NO/c1-7-12-25(28-26(29)22-14-9-10-15-22)21(4)23-17-18-24(27(5,6)19-23)16-11-13-20(3)8-2/h8-11,13-16,21,23-26,28-29H,2,5,7,12,17-19H2,1,3-4,6H3/b16-11+,20-13-/t21-,23?,24?,25+,26?,27?/m0/s1. The van der Waals surface area contributed by atoms with Crippen LogP contribution in [0, 0.1) is 36.5 Å². The maximum Gasteiger partial charge on any atom is 0.128 e. The lowest BCUT2D eigenvalue weighted by atomic mass is 9.61. The molecule has 0 saturated heterocycles. The van der Waals surface area contributed by atoms with E-state index in [0.29, 0.717) is 23.8 Å². The SMILES string of the molecule is [CH2]C1(C)CC([C@H](C)[C@@H](CCC)NC(O)C2=CC=C[CH]2)CCC1/C=C/C=C(/C)C=C. The predicted octanol–water partition coefficient (Wildman–Crippen LogP) is 6.34. The summed E-state index contributed by atoms with van der Waals surface area (Å²) in [5.41, 5.74) is 2.19. The maximum absolute atomic E-state index is 10.6. The normalized spacial score (nSPS) is 27.7. The van der Waals surface area contributed by atoms with Crippen LogP contribution in [0.25, 0.3) is 0 Å². The first-order valence-electron chi connectivity index (χ1n) is 11.3. The fraction of sp³-hybridized carbons (Fsp3) is 0.556. The second-order valence-electron chi connectivity index (χ2n) is 9.34. The van der Waals surface area contributed by atoms with Crippen molar-refractivity contribution in [3.63, 3.8) is 0 Å². The summed E-state index contributed by atoms with van der Waals surface area (Å²) < 4.78 is 0. The molecule has 29 heavy (non-hydrogen) atoms. The van der Waals surface area contributed by atoms with Gasteiger partial charge in [0.1, 0.15) is 6.23 Å². The van der Waals surface area contributed by atoms with E-state index in [1.807, 2.05) is 30.7 Å². The third-order valence-corrected chi connectivity index (χ3v) is 6.85. The Morgan fingerprint density at radius 3 is 2.72 bits per heavy atom. The average molecular weight is 396 g/mol. The minimum Gasteiger partial charge on any atom is -0.375 e. The number of nitrogens with one attached hydrogen (secondary N) is 1. The highest BCUT2D eigenvalue weighted by Gasteiger charge is 2.39. The summed E-state index contributed by atoms with van der Waals surface area (Å²) in [5, 5.41) is 14.1. The van der Waals surface area contributed by atoms with Crippen LogP contribution in [-0.2, 0) is 0 Å². The van der Waals surface area contributed by atoms with Gasteiger partial charge in [-0.2, -0.15) is 0 Å². The molecular weight excluding hydrogens is 354 g/mol. The molecule has 2 nitrogen and oxygen atoms in total. The summed E-state index contributed by atoms with van der Waals surface area (Å²) in [5.74, 6) is 1.64. The number of allylic oxidation sites excluding steroid dienone is 8. The Balaban J connectivity index is 2.00. The quantitative estimate of drug-likeness (QED) is 0.334. The van der Waals surface area contributed by atoms with Gasteiger partial charge in [-0.15, -0.1) is 0 Å². The van der Waals surface area contributed by atoms with E-state index >= 15 is 0 Å². The fourth-order valence-electron chi connectivity index (χ4n) is 4.79. The van der Waals surface area contributed by atoms with Gasteiger partial charge >= 0.3 is 0 Å². The van der Waals surface area contributed by atoms with Gasteiger partial charge in [0, 0.05) is 12.5 Å². The van der Waals surface area contributed by atoms with Crippen molar-refractivity contribution < 1.29 is 5.11 Å². The van der Waals surface area contributed by atoms with Crippen molar-refractivity contribution in [3.8, 4) is 0 Å². The smallest absolute Gasteiger partial charge is 0.128 e. The first-order chi connectivity index (χ1) is 13.8. The van der Waals surface area contributed by atoms with Gasteiger partial charge in [-0.25, -0.2) is 0 Å². The lowest BCUT2D eigenvalue weighted by Gasteiger charge is -2.45. The van der Waals surface area contributed by atoms with Crippen LogP contribution in [-0.4, -0.2) is 17.4 Å². The number of aliphatic hydroxyl groups is 1. The van der Waals surface area contributed by atoms with Crippen molar-refractivity contribution in [2.24, 2.45) is 23.2 Å². The summed E-state index contributed by atoms with van der Waals surface area (Å²) in [6.07, 6.45) is 21.6. The molecule has 2 aliphatic rings. The third-order valence-electron chi connectivity index (χ3n) is 6.85. The average Bonchev–Trinajstić information content (AvgIpc) is 3.22. The Bertz CT molecular complexity index is 651. The molecule has 6 atom stereocenters. The van der Waals surface area contributed by atoms with Gasteiger partial charge in [0.25, 0.3) is 0 Å². The largest absolute Gasteiger partial charge is 0.375 e. The summed E-state index contributed by atoms with van der Waals surface area (Å²) in [6.45, 7) is 17.4. The van der Waals surface area contributed by atoms with Crippen LogP contribution in [0.1, 0.15) is 59.8 Å². The molecular formula is C27H41NO. The Kier molecular flexibility index (Phi) is 9.17. The van der Waals surface area contributed by atoms with E-state index in [1.165, 1.54) is 18.4 Å². The molecule has 0 amide bonds. The molecule has 160 valence electrons. The van der Waals surface area contributed by atoms with E-state index in [4.69, 9.17) is 0 Å². The van der Waals surface area contributed by atoms with Crippen molar-refractivity contribution in [2.75, 3.05) is 0 Å². The second-order valence-corrected chi connectivity index (χ2v) is 9.34. The topological polar surface area (TPSA) is 32.3 Å². The van der Waals surface area contributed by atoms with E-state index in [0.717, 1.165) is 24.8 Å². The Morgan fingerprint density at radius 1 is 1.38 bits per heavy atom. The van der Waals surface area contributed by atoms with E-state index in [-0.39, 0.29) is 5.41 Å². The molecule has 2 rings (SSSR count). The monoisotopic (exact) mass is 395 g/mol. The highest BCUT2D eigenvalue weighted by atomic mass is 16.3. The first-order valence-corrected chi connectivity index (χ1v) is 11.3. The number of hydrogen-bond donors (Lipinski definition) is 2. The Hall–Kier alpha value is -1.38. The lowest BCUT2D eigenvalue weighted by Crippen LogP contribution is -2.46. The molecule has 0 aliphatic heterocycles. The van der Waals surface area contributed by atoms with Gasteiger partial charge in [-0.05, 0) is 68.3 Å². The van der Waals surface area contributed by atoms with Gasteiger partial charge in [0.05, 0.1) is 0 Å². The molecule has 0 aromatic heterocycles. The first kappa shape index (κ1) is 23.9. The van der Waals surface area contributed by atoms with Crippen LogP contribution < -0.4 is 5.32 Å². The zero-order chi connectivity index (χ0) is 21.4. The molecule has 1 saturated carbocycles. The van der Waals surface area contributed by atoms with Crippen molar-refractivity contribution in [1.29, 1.82) is 0 Å². The van der Waals surface area contributed by atoms with Crippen LogP contribution in [0.3, 0.4) is 0 Å². The number of hydrogen-bond acceptors (Lipinski definition) is 2. The maximum atomic E-state index is 10.6. The van der Waals surface area contributed by atoms with E-state index in [2.05, 4.69) is 64.7 Å². The second kappa shape index (κ2) is 11.1. The van der Waals surface area contributed by atoms with Crippen LogP contribution >= 0.6 is 0 Å². The van der Waals surface area contributed by atoms with Gasteiger partial charge in [-0.3, -0.25) is 5.32 Å². The van der Waals surface area contributed by atoms with Crippen molar-refractivity contribution in [3.05, 3.63) is 73.6 Å². The molecule has 2 N–H and O–H groups in total. The Morgan fingerprint density at radius 2 is 2.14 bits per heavy atom. The van der Waals surface area contributed by atoms with E-state index in [9.17, 15) is 5.11 Å². The summed E-state index contributed by atoms with van der Waals surface area (Å²) in [7, 11) is 0. The molecule has 0 bridgehead atoms. The van der Waals surface area contributed by atoms with E-state index < -0.39 is 6.23 Å². The van der Waals surface area contributed by atoms with Gasteiger partial charge in [0.2, 0.25) is 0 Å². The zero-order valence-electron chi connectivity index (χ0n) is 18.9. The minimum atomic E-state index is -0.589. The molecule has 1 fully saturated rings. The van der Waals surface area contributed by atoms with Gasteiger partial charge in [0.15, 0.2) is 0 Å². The number of rotatable bonds is 10. The van der Waals surface area contributed by atoms with Crippen molar-refractivity contribution in [2.45, 2.75) is 72.1 Å². The van der Waals surface area contributed by atoms with Crippen LogP contribution in [0.4, 0.5) is 0 Å². The van der Waals surface area contributed by atoms with Gasteiger partial charge in [-0.1, -0.05) is 81.9 Å². The van der Waals surface area contributed by atoms with E-state index in [1.54, 1.807) is 0 Å². The van der Waals surface area contributed by atoms with Crippen LogP contribution in [0.15, 0.2) is 60.3 Å². The van der Waals surface area contributed by atoms with Crippen LogP contribution in [0.2, 0.25) is 0 Å². The molecule has 2 heteroatoms. The summed E-state index contributed by atoms with van der Waals surface area (Å²) in [4.78, 5) is 0. The molecule has 0 aromatic rings. The minimum absolute atomic E-state index is 0.0463. The number of aliphatic hydroxyl groups excluding tert-OH is 1. The lowest BCUT2D eigenvalue weighted by molar-refractivity contribution is 0.0789. The summed E-state index contributed by atoms with van der Waals surface area (Å²) in [6, 6.07) is 0.316. The highest BCUT2D eigenvalue weighted by molar-refractivity contribution is 5.36. The Labute approximate surface area is 179 Å². The molecule has 2 radical (unpaired) electrons. The summed E-state index contributed by atoms with van der Waals surface area (Å²) >= 11 is 0. The molecule has 0 heterocycles. The van der Waals surface area contributed by atoms with Crippen LogP contribution in [0.5, 0.6) is 0 Å². The zero-order valence-corrected chi connectivity index (χ0v) is 18.9. The molecule has 0 spiro atoms. The molecule has 4 unspecified atom stereocenters. The van der Waals surface area contributed by atoms with Gasteiger partial charge < -0.3 is 5.11 Å².